The lowest BCUT2D eigenvalue weighted by atomic mass is 10.2. The van der Waals surface area contributed by atoms with Crippen molar-refractivity contribution in [2.75, 3.05) is 12.8 Å². The van der Waals surface area contributed by atoms with Crippen molar-refractivity contribution in [1.29, 1.82) is 0 Å². The minimum absolute atomic E-state index is 0.203. The zero-order valence-corrected chi connectivity index (χ0v) is 10.5. The highest BCUT2D eigenvalue weighted by molar-refractivity contribution is 7.09. The highest BCUT2D eigenvalue weighted by Crippen LogP contribution is 2.15. The monoisotopic (exact) mass is 250 g/mol. The summed E-state index contributed by atoms with van der Waals surface area (Å²) in [5.74, 6) is -0.341. The van der Waals surface area contributed by atoms with Crippen LogP contribution >= 0.6 is 11.3 Å². The second-order valence-electron chi connectivity index (χ2n) is 4.11. The minimum Gasteiger partial charge on any atom is -0.396 e. The first-order valence-electron chi connectivity index (χ1n) is 5.40. The molecule has 0 atom stereocenters. The van der Waals surface area contributed by atoms with Gasteiger partial charge in [0, 0.05) is 18.0 Å². The largest absolute Gasteiger partial charge is 0.396 e. The van der Waals surface area contributed by atoms with E-state index in [1.165, 1.54) is 10.9 Å². The zero-order chi connectivity index (χ0) is 12.3. The van der Waals surface area contributed by atoms with Crippen molar-refractivity contribution in [2.24, 2.45) is 0 Å². The number of halogens is 1. The highest BCUT2D eigenvalue weighted by Gasteiger charge is 2.05. The topological polar surface area (TPSA) is 29.3 Å². The Morgan fingerprint density at radius 2 is 2.12 bits per heavy atom. The van der Waals surface area contributed by atoms with Crippen LogP contribution < -0.4 is 5.73 Å². The first kappa shape index (κ1) is 12.1. The Hall–Kier alpha value is -1.39. The van der Waals surface area contributed by atoms with E-state index in [9.17, 15) is 4.39 Å². The summed E-state index contributed by atoms with van der Waals surface area (Å²) in [5, 5.41) is 2.06. The maximum Gasteiger partial charge on any atom is 0.146 e. The number of nitrogen functional groups attached to an aromatic ring is 1. The molecule has 1 aromatic carbocycles. The first-order chi connectivity index (χ1) is 8.15. The normalized spacial score (nSPS) is 11.0. The third kappa shape index (κ3) is 3.28. The second kappa shape index (κ2) is 5.29. The van der Waals surface area contributed by atoms with Crippen LogP contribution in [0.3, 0.4) is 0 Å². The third-order valence-electron chi connectivity index (χ3n) is 2.52. The van der Waals surface area contributed by atoms with Crippen LogP contribution in [-0.2, 0) is 13.1 Å². The molecule has 1 aromatic heterocycles. The highest BCUT2D eigenvalue weighted by atomic mass is 32.1. The Morgan fingerprint density at radius 1 is 1.29 bits per heavy atom. The Kier molecular flexibility index (Phi) is 3.76. The molecule has 2 rings (SSSR count). The van der Waals surface area contributed by atoms with Gasteiger partial charge in [0.25, 0.3) is 0 Å². The Labute approximate surface area is 104 Å². The SMILES string of the molecule is CN(Cc1ccc(N)c(F)c1)Cc1cccs1. The van der Waals surface area contributed by atoms with Crippen LogP contribution in [0.5, 0.6) is 0 Å². The van der Waals surface area contributed by atoms with Gasteiger partial charge >= 0.3 is 0 Å². The summed E-state index contributed by atoms with van der Waals surface area (Å²) < 4.78 is 13.3. The van der Waals surface area contributed by atoms with Crippen LogP contribution in [0.2, 0.25) is 0 Å². The Morgan fingerprint density at radius 3 is 2.76 bits per heavy atom. The molecule has 2 aromatic rings. The molecule has 0 saturated carbocycles. The number of nitrogens with zero attached hydrogens (tertiary/aromatic N) is 1. The van der Waals surface area contributed by atoms with Gasteiger partial charge in [-0.2, -0.15) is 0 Å². The molecule has 0 amide bonds. The molecule has 4 heteroatoms. The maximum absolute atomic E-state index is 13.3. The van der Waals surface area contributed by atoms with Crippen molar-refractivity contribution < 1.29 is 4.39 Å². The van der Waals surface area contributed by atoms with Crippen LogP contribution in [0.15, 0.2) is 35.7 Å². The molecule has 0 aliphatic carbocycles. The van der Waals surface area contributed by atoms with Gasteiger partial charge < -0.3 is 5.73 Å². The van der Waals surface area contributed by atoms with Gasteiger partial charge in [-0.05, 0) is 36.2 Å². The molecule has 17 heavy (non-hydrogen) atoms. The van der Waals surface area contributed by atoms with Crippen LogP contribution in [-0.4, -0.2) is 11.9 Å². The zero-order valence-electron chi connectivity index (χ0n) is 9.69. The van der Waals surface area contributed by atoms with E-state index in [0.29, 0.717) is 0 Å². The number of hydrogen-bond acceptors (Lipinski definition) is 3. The lowest BCUT2D eigenvalue weighted by Crippen LogP contribution is -2.16. The van der Waals surface area contributed by atoms with Gasteiger partial charge in [-0.25, -0.2) is 4.39 Å². The average Bonchev–Trinajstić information content (AvgIpc) is 2.76. The average molecular weight is 250 g/mol. The van der Waals surface area contributed by atoms with Crippen LogP contribution in [0, 0.1) is 5.82 Å². The quantitative estimate of drug-likeness (QED) is 0.845. The summed E-state index contributed by atoms with van der Waals surface area (Å²) in [5.41, 5.74) is 6.59. The minimum atomic E-state index is -0.341. The van der Waals surface area contributed by atoms with Crippen LogP contribution in [0.25, 0.3) is 0 Å². The smallest absolute Gasteiger partial charge is 0.146 e. The van der Waals surface area contributed by atoms with Gasteiger partial charge in [0.1, 0.15) is 5.82 Å². The van der Waals surface area contributed by atoms with Gasteiger partial charge in [-0.1, -0.05) is 12.1 Å². The summed E-state index contributed by atoms with van der Waals surface area (Å²) in [6.07, 6.45) is 0. The summed E-state index contributed by atoms with van der Waals surface area (Å²) in [4.78, 5) is 3.46. The van der Waals surface area contributed by atoms with Crippen molar-refractivity contribution in [1.82, 2.24) is 4.90 Å². The van der Waals surface area contributed by atoms with Crippen molar-refractivity contribution in [3.8, 4) is 0 Å². The molecule has 1 heterocycles. The van der Waals surface area contributed by atoms with Crippen LogP contribution in [0.1, 0.15) is 10.4 Å². The van der Waals surface area contributed by atoms with Gasteiger partial charge in [0.05, 0.1) is 5.69 Å². The fraction of sp³-hybridized carbons (Fsp3) is 0.231. The number of thiophene rings is 1. The van der Waals surface area contributed by atoms with Crippen molar-refractivity contribution >= 4 is 17.0 Å². The third-order valence-corrected chi connectivity index (χ3v) is 3.38. The fourth-order valence-electron chi connectivity index (χ4n) is 1.71. The van der Waals surface area contributed by atoms with Gasteiger partial charge in [0.15, 0.2) is 0 Å². The molecule has 0 spiro atoms. The lowest BCUT2D eigenvalue weighted by molar-refractivity contribution is 0.321. The summed E-state index contributed by atoms with van der Waals surface area (Å²) in [6.45, 7) is 1.60. The second-order valence-corrected chi connectivity index (χ2v) is 5.14. The van der Waals surface area contributed by atoms with E-state index in [2.05, 4.69) is 16.3 Å². The predicted molar refractivity (Wildman–Crippen MR) is 70.3 cm³/mol. The molecule has 90 valence electrons. The predicted octanol–water partition coefficient (Wildman–Crippen LogP) is 3.10. The fourth-order valence-corrected chi connectivity index (χ4v) is 2.49. The number of benzene rings is 1. The van der Waals surface area contributed by atoms with E-state index in [1.807, 2.05) is 19.2 Å². The molecule has 0 unspecified atom stereocenters. The molecule has 0 radical (unpaired) electrons. The lowest BCUT2D eigenvalue weighted by Gasteiger charge is -2.15. The molecular formula is C13H15FN2S. The van der Waals surface area contributed by atoms with Crippen molar-refractivity contribution in [3.63, 3.8) is 0 Å². The number of anilines is 1. The summed E-state index contributed by atoms with van der Waals surface area (Å²) in [7, 11) is 2.02. The van der Waals surface area contributed by atoms with E-state index in [0.717, 1.165) is 18.7 Å². The Balaban J connectivity index is 1.98. The van der Waals surface area contributed by atoms with E-state index < -0.39 is 0 Å². The van der Waals surface area contributed by atoms with E-state index >= 15 is 0 Å². The van der Waals surface area contributed by atoms with Gasteiger partial charge in [-0.15, -0.1) is 11.3 Å². The van der Waals surface area contributed by atoms with E-state index in [4.69, 9.17) is 5.73 Å². The van der Waals surface area contributed by atoms with Crippen LogP contribution in [0.4, 0.5) is 10.1 Å². The molecule has 2 nitrogen and oxygen atoms in total. The van der Waals surface area contributed by atoms with Crippen molar-refractivity contribution in [3.05, 3.63) is 52.0 Å². The first-order valence-corrected chi connectivity index (χ1v) is 6.28. The molecule has 0 aliphatic rings. The molecule has 0 bridgehead atoms. The van der Waals surface area contributed by atoms with Gasteiger partial charge in [0.2, 0.25) is 0 Å². The number of rotatable bonds is 4. The summed E-state index contributed by atoms with van der Waals surface area (Å²) in [6, 6.07) is 9.12. The molecule has 0 fully saturated rings. The standard InChI is InChI=1S/C13H15FN2S/c1-16(9-11-3-2-6-17-11)8-10-4-5-13(15)12(14)7-10/h2-7H,8-9,15H2,1H3. The Bertz CT molecular complexity index is 482. The molecule has 0 aliphatic heterocycles. The molecule has 2 N–H and O–H groups in total. The summed E-state index contributed by atoms with van der Waals surface area (Å²) >= 11 is 1.73. The van der Waals surface area contributed by atoms with E-state index in [-0.39, 0.29) is 11.5 Å². The molecule has 0 saturated heterocycles. The number of hydrogen-bond donors (Lipinski definition) is 1. The van der Waals surface area contributed by atoms with Crippen molar-refractivity contribution in [2.45, 2.75) is 13.1 Å². The molecular weight excluding hydrogens is 235 g/mol. The van der Waals surface area contributed by atoms with Gasteiger partial charge in [-0.3, -0.25) is 4.90 Å². The number of nitrogens with two attached hydrogens (primary N) is 1. The maximum atomic E-state index is 13.3. The van der Waals surface area contributed by atoms with E-state index in [1.54, 1.807) is 17.4 Å².